The van der Waals surface area contributed by atoms with Gasteiger partial charge in [0.1, 0.15) is 0 Å². The number of carbonyl (C=O) groups excluding carboxylic acids is 1. The van der Waals surface area contributed by atoms with Gasteiger partial charge in [-0.2, -0.15) is 5.10 Å². The number of aryl methyl sites for hydroxylation is 1. The maximum atomic E-state index is 12.5. The lowest BCUT2D eigenvalue weighted by Gasteiger charge is -2.05. The summed E-state index contributed by atoms with van der Waals surface area (Å²) in [5, 5.41) is 7.31. The fourth-order valence-electron chi connectivity index (χ4n) is 3.03. The molecule has 1 heterocycles. The van der Waals surface area contributed by atoms with Crippen molar-refractivity contribution in [1.29, 1.82) is 0 Å². The van der Waals surface area contributed by atoms with Crippen LogP contribution >= 0.6 is 0 Å². The van der Waals surface area contributed by atoms with Crippen LogP contribution in [0.3, 0.4) is 0 Å². The lowest BCUT2D eigenvalue weighted by molar-refractivity contribution is 0.102. The first-order valence-corrected chi connectivity index (χ1v) is 9.23. The summed E-state index contributed by atoms with van der Waals surface area (Å²) in [5.74, 6) is 0.379. The van der Waals surface area contributed by atoms with Crippen molar-refractivity contribution in [3.05, 3.63) is 108 Å². The Morgan fingerprint density at radius 2 is 1.54 bits per heavy atom. The second-order valence-corrected chi connectivity index (χ2v) is 6.78. The van der Waals surface area contributed by atoms with Gasteiger partial charge in [0.05, 0.1) is 6.54 Å². The standard InChI is InChI=1S/C24H21N3O/c1-18-7-9-19(10-8-18)17-27-16-15-23(26-27)25-24(28)22-13-11-21(12-14-22)20-5-3-2-4-6-20/h2-16H,17H2,1H3,(H,25,26,28). The number of nitrogens with zero attached hydrogens (tertiary/aromatic N) is 2. The predicted octanol–water partition coefficient (Wildman–Crippen LogP) is 5.16. The van der Waals surface area contributed by atoms with Gasteiger partial charge in [-0.15, -0.1) is 0 Å². The Bertz CT molecular complexity index is 1070. The number of amides is 1. The number of rotatable bonds is 5. The van der Waals surface area contributed by atoms with Crippen molar-refractivity contribution in [3.63, 3.8) is 0 Å². The second kappa shape index (κ2) is 7.92. The van der Waals surface area contributed by atoms with Crippen molar-refractivity contribution in [1.82, 2.24) is 9.78 Å². The number of benzene rings is 3. The van der Waals surface area contributed by atoms with E-state index in [9.17, 15) is 4.79 Å². The summed E-state index contributed by atoms with van der Waals surface area (Å²) in [5.41, 5.74) is 5.22. The summed E-state index contributed by atoms with van der Waals surface area (Å²) in [6.07, 6.45) is 1.87. The van der Waals surface area contributed by atoms with Gasteiger partial charge in [0.2, 0.25) is 0 Å². The number of hydrogen-bond donors (Lipinski definition) is 1. The third kappa shape index (κ3) is 4.18. The third-order valence-electron chi connectivity index (χ3n) is 4.60. The number of carbonyl (C=O) groups is 1. The van der Waals surface area contributed by atoms with Crippen LogP contribution in [0, 0.1) is 6.92 Å². The molecule has 3 aromatic carbocycles. The molecule has 0 spiro atoms. The van der Waals surface area contributed by atoms with Gasteiger partial charge in [-0.3, -0.25) is 9.48 Å². The second-order valence-electron chi connectivity index (χ2n) is 6.78. The van der Waals surface area contributed by atoms with Gasteiger partial charge < -0.3 is 5.32 Å². The molecule has 1 amide bonds. The minimum Gasteiger partial charge on any atom is -0.305 e. The molecule has 4 heteroatoms. The van der Waals surface area contributed by atoms with Gasteiger partial charge in [0.15, 0.2) is 5.82 Å². The van der Waals surface area contributed by atoms with Crippen molar-refractivity contribution < 1.29 is 4.79 Å². The van der Waals surface area contributed by atoms with E-state index in [1.54, 1.807) is 0 Å². The maximum absolute atomic E-state index is 12.5. The van der Waals surface area contributed by atoms with E-state index in [-0.39, 0.29) is 5.91 Å². The summed E-state index contributed by atoms with van der Waals surface area (Å²) in [6.45, 7) is 2.74. The zero-order valence-corrected chi connectivity index (χ0v) is 15.7. The van der Waals surface area contributed by atoms with Crippen molar-refractivity contribution in [2.75, 3.05) is 5.32 Å². The summed E-state index contributed by atoms with van der Waals surface area (Å²) < 4.78 is 1.82. The molecule has 0 radical (unpaired) electrons. The van der Waals surface area contributed by atoms with E-state index >= 15 is 0 Å². The SMILES string of the molecule is Cc1ccc(Cn2ccc(NC(=O)c3ccc(-c4ccccc4)cc3)n2)cc1. The zero-order chi connectivity index (χ0) is 19.3. The van der Waals surface area contributed by atoms with Crippen molar-refractivity contribution in [3.8, 4) is 11.1 Å². The highest BCUT2D eigenvalue weighted by Gasteiger charge is 2.09. The zero-order valence-electron chi connectivity index (χ0n) is 15.7. The molecule has 4 aromatic rings. The Balaban J connectivity index is 1.41. The van der Waals surface area contributed by atoms with E-state index in [0.717, 1.165) is 11.1 Å². The molecule has 0 saturated carbocycles. The Morgan fingerprint density at radius 1 is 0.857 bits per heavy atom. The number of aromatic nitrogens is 2. The molecule has 4 nitrogen and oxygen atoms in total. The van der Waals surface area contributed by atoms with E-state index in [1.807, 2.05) is 59.4 Å². The molecule has 0 saturated heterocycles. The minimum atomic E-state index is -0.166. The van der Waals surface area contributed by atoms with Gasteiger partial charge in [0, 0.05) is 17.8 Å². The van der Waals surface area contributed by atoms with Crippen LogP contribution < -0.4 is 5.32 Å². The third-order valence-corrected chi connectivity index (χ3v) is 4.60. The molecule has 138 valence electrons. The van der Waals surface area contributed by atoms with Crippen LogP contribution in [0.15, 0.2) is 91.1 Å². The van der Waals surface area contributed by atoms with Crippen LogP contribution in [0.4, 0.5) is 5.82 Å². The highest BCUT2D eigenvalue weighted by Crippen LogP contribution is 2.19. The van der Waals surface area contributed by atoms with Crippen LogP contribution in [-0.4, -0.2) is 15.7 Å². The quantitative estimate of drug-likeness (QED) is 0.530. The van der Waals surface area contributed by atoms with Gasteiger partial charge in [-0.1, -0.05) is 72.3 Å². The normalized spacial score (nSPS) is 10.6. The first kappa shape index (κ1) is 17.7. The van der Waals surface area contributed by atoms with E-state index in [0.29, 0.717) is 17.9 Å². The van der Waals surface area contributed by atoms with Gasteiger partial charge >= 0.3 is 0 Å². The average molecular weight is 367 g/mol. The predicted molar refractivity (Wildman–Crippen MR) is 112 cm³/mol. The molecule has 0 aliphatic rings. The molecule has 0 aliphatic carbocycles. The maximum Gasteiger partial charge on any atom is 0.256 e. The molecule has 1 aromatic heterocycles. The van der Waals surface area contributed by atoms with Gasteiger partial charge in [-0.25, -0.2) is 0 Å². The van der Waals surface area contributed by atoms with Gasteiger partial charge in [0.25, 0.3) is 5.91 Å². The number of hydrogen-bond acceptors (Lipinski definition) is 2. The topological polar surface area (TPSA) is 46.9 Å². The molecule has 0 bridgehead atoms. The van der Waals surface area contributed by atoms with Gasteiger partial charge in [-0.05, 0) is 35.7 Å². The minimum absolute atomic E-state index is 0.166. The lowest BCUT2D eigenvalue weighted by Crippen LogP contribution is -2.12. The van der Waals surface area contributed by atoms with Crippen LogP contribution in [0.25, 0.3) is 11.1 Å². The molecule has 0 fully saturated rings. The fourth-order valence-corrected chi connectivity index (χ4v) is 3.03. The van der Waals surface area contributed by atoms with E-state index in [4.69, 9.17) is 0 Å². The van der Waals surface area contributed by atoms with Crippen LogP contribution in [0.1, 0.15) is 21.5 Å². The summed E-state index contributed by atoms with van der Waals surface area (Å²) >= 11 is 0. The van der Waals surface area contributed by atoms with Crippen LogP contribution in [0.5, 0.6) is 0 Å². The first-order valence-electron chi connectivity index (χ1n) is 9.23. The van der Waals surface area contributed by atoms with Crippen LogP contribution in [0.2, 0.25) is 0 Å². The molecule has 0 aliphatic heterocycles. The smallest absolute Gasteiger partial charge is 0.256 e. The van der Waals surface area contributed by atoms with E-state index in [1.165, 1.54) is 11.1 Å². The Morgan fingerprint density at radius 3 is 2.25 bits per heavy atom. The Labute approximate surface area is 164 Å². The number of anilines is 1. The van der Waals surface area contributed by atoms with E-state index < -0.39 is 0 Å². The molecular weight excluding hydrogens is 346 g/mol. The Hall–Kier alpha value is -3.66. The largest absolute Gasteiger partial charge is 0.305 e. The number of nitrogens with one attached hydrogen (secondary N) is 1. The summed E-state index contributed by atoms with van der Waals surface area (Å²) in [6, 6.07) is 27.8. The summed E-state index contributed by atoms with van der Waals surface area (Å²) in [7, 11) is 0. The first-order chi connectivity index (χ1) is 13.7. The monoisotopic (exact) mass is 367 g/mol. The lowest BCUT2D eigenvalue weighted by atomic mass is 10.0. The van der Waals surface area contributed by atoms with E-state index in [2.05, 4.69) is 53.7 Å². The molecular formula is C24H21N3O. The average Bonchev–Trinajstić information content (AvgIpc) is 3.17. The summed E-state index contributed by atoms with van der Waals surface area (Å²) in [4.78, 5) is 12.5. The molecule has 4 rings (SSSR count). The Kier molecular flexibility index (Phi) is 5.02. The van der Waals surface area contributed by atoms with Crippen molar-refractivity contribution in [2.45, 2.75) is 13.5 Å². The van der Waals surface area contributed by atoms with Crippen molar-refractivity contribution >= 4 is 11.7 Å². The highest BCUT2D eigenvalue weighted by molar-refractivity contribution is 6.04. The highest BCUT2D eigenvalue weighted by atomic mass is 16.1. The molecule has 1 N–H and O–H groups in total. The molecule has 0 atom stereocenters. The van der Waals surface area contributed by atoms with Crippen LogP contribution in [-0.2, 0) is 6.54 Å². The fraction of sp³-hybridized carbons (Fsp3) is 0.0833. The molecule has 28 heavy (non-hydrogen) atoms. The molecule has 0 unspecified atom stereocenters. The van der Waals surface area contributed by atoms with Crippen molar-refractivity contribution in [2.24, 2.45) is 0 Å².